The van der Waals surface area contributed by atoms with Crippen LogP contribution in [0.2, 0.25) is 0 Å². The van der Waals surface area contributed by atoms with Gasteiger partial charge in [-0.3, -0.25) is 0 Å². The fraction of sp³-hybridized carbons (Fsp3) is 0. The van der Waals surface area contributed by atoms with Crippen LogP contribution >= 0.6 is 0 Å². The zero-order chi connectivity index (χ0) is 49.7. The SMILES string of the molecule is [2H]c1cc2c(-c3c([2H])c([2H])c4c([2H])c([2H])c([2H])c([2H])c4c3[2H])c3cc([2H])c([2H])cc3c(-c3c(-c4ccc5oc6c(-c7ccccc7)cccc6c5c4)c([2H])c4c([2H])c([2H])c([2H])c([2H])c4c3[2H])c2cc1[2H]. The van der Waals surface area contributed by atoms with Gasteiger partial charge in [-0.2, -0.15) is 0 Å². The van der Waals surface area contributed by atoms with Crippen LogP contribution < -0.4 is 0 Å². The molecule has 1 aromatic heterocycles. The highest BCUT2D eigenvalue weighted by molar-refractivity contribution is 6.23. The highest BCUT2D eigenvalue weighted by Crippen LogP contribution is 2.48. The van der Waals surface area contributed by atoms with Crippen LogP contribution in [0.1, 0.15) is 23.3 Å². The van der Waals surface area contributed by atoms with Crippen molar-refractivity contribution < 1.29 is 27.7 Å². The van der Waals surface area contributed by atoms with Gasteiger partial charge in [-0.05, 0) is 112 Å². The molecule has 0 amide bonds. The van der Waals surface area contributed by atoms with Gasteiger partial charge in [0.05, 0.1) is 23.3 Å². The molecule has 1 heterocycles. The second-order valence-corrected chi connectivity index (χ2v) is 12.7. The lowest BCUT2D eigenvalue weighted by Gasteiger charge is -2.20. The van der Waals surface area contributed by atoms with Gasteiger partial charge in [-0.25, -0.2) is 0 Å². The molecule has 1 heteroatoms. The number of furan rings is 1. The summed E-state index contributed by atoms with van der Waals surface area (Å²) in [6, 6.07) is 16.7. The minimum Gasteiger partial charge on any atom is -0.455 e. The summed E-state index contributed by atoms with van der Waals surface area (Å²) in [4.78, 5) is 0. The van der Waals surface area contributed by atoms with E-state index in [1.54, 1.807) is 18.2 Å². The summed E-state index contributed by atoms with van der Waals surface area (Å²) in [5, 5.41) is 0.365. The van der Waals surface area contributed by atoms with Crippen LogP contribution in [0.15, 0.2) is 198 Å². The van der Waals surface area contributed by atoms with E-state index in [1.807, 2.05) is 48.5 Å². The van der Waals surface area contributed by atoms with Crippen LogP contribution in [0.5, 0.6) is 0 Å². The second-order valence-electron chi connectivity index (χ2n) is 12.7. The van der Waals surface area contributed by atoms with E-state index in [-0.39, 0.29) is 101 Å². The standard InChI is InChI=1S/C52H32O/c1-2-14-34(15-3-1)40-23-12-24-45-47-32-38(27-28-49(47)53-52(40)45)46-30-36-17-6-7-18-37(36)31-48(46)51-43-21-10-8-19-41(43)50(42-20-9-11-22-44(42)51)39-26-25-33-13-4-5-16-35(33)29-39/h1-32H/i4D,5D,6D,7D,8D,9D,10D,11D,13D,16D,17D,18D,25D,26D,29D,30D,31D. The third-order valence-corrected chi connectivity index (χ3v) is 9.75. The van der Waals surface area contributed by atoms with Crippen molar-refractivity contribution in [1.82, 2.24) is 0 Å². The predicted octanol–water partition coefficient (Wildman–Crippen LogP) is 14.9. The molecule has 1 nitrogen and oxygen atoms in total. The van der Waals surface area contributed by atoms with Crippen LogP contribution in [0.3, 0.4) is 0 Å². The van der Waals surface area contributed by atoms with E-state index in [4.69, 9.17) is 22.2 Å². The van der Waals surface area contributed by atoms with Gasteiger partial charge in [0, 0.05) is 16.3 Å². The van der Waals surface area contributed by atoms with Gasteiger partial charge in [-0.15, -0.1) is 0 Å². The van der Waals surface area contributed by atoms with E-state index in [2.05, 4.69) is 0 Å². The maximum atomic E-state index is 10.1. The molecular weight excluding hydrogens is 641 g/mol. The van der Waals surface area contributed by atoms with Crippen LogP contribution in [0.4, 0.5) is 0 Å². The van der Waals surface area contributed by atoms with E-state index >= 15 is 0 Å². The van der Waals surface area contributed by atoms with Gasteiger partial charge in [0.25, 0.3) is 0 Å². The van der Waals surface area contributed by atoms with Crippen LogP contribution in [0.25, 0.3) is 110 Å². The molecule has 246 valence electrons. The van der Waals surface area contributed by atoms with Crippen molar-refractivity contribution in [2.45, 2.75) is 0 Å². The van der Waals surface area contributed by atoms with Gasteiger partial charge < -0.3 is 4.42 Å². The monoisotopic (exact) mass is 689 g/mol. The van der Waals surface area contributed by atoms with Gasteiger partial charge in [0.1, 0.15) is 11.2 Å². The van der Waals surface area contributed by atoms with E-state index in [9.17, 15) is 5.48 Å². The maximum Gasteiger partial charge on any atom is 0.143 e. The topological polar surface area (TPSA) is 13.1 Å². The number of para-hydroxylation sites is 1. The van der Waals surface area contributed by atoms with Crippen LogP contribution in [-0.4, -0.2) is 0 Å². The molecule has 0 bridgehead atoms. The number of hydrogen-bond donors (Lipinski definition) is 0. The molecule has 0 aliphatic carbocycles. The Bertz CT molecular complexity index is 4130. The van der Waals surface area contributed by atoms with Crippen molar-refractivity contribution in [3.63, 3.8) is 0 Å². The molecule has 0 spiro atoms. The summed E-state index contributed by atoms with van der Waals surface area (Å²) in [5.41, 5.74) is 2.81. The normalized spacial score (nSPS) is 16.3. The molecule has 10 aromatic carbocycles. The molecule has 0 saturated carbocycles. The maximum absolute atomic E-state index is 10.1. The Morgan fingerprint density at radius 3 is 1.68 bits per heavy atom. The highest BCUT2D eigenvalue weighted by Gasteiger charge is 2.21. The third-order valence-electron chi connectivity index (χ3n) is 9.75. The molecule has 0 radical (unpaired) electrons. The molecule has 0 saturated heterocycles. The van der Waals surface area contributed by atoms with Gasteiger partial charge >= 0.3 is 0 Å². The number of hydrogen-bond acceptors (Lipinski definition) is 1. The summed E-state index contributed by atoms with van der Waals surface area (Å²) in [6.07, 6.45) is 0. The molecule has 53 heavy (non-hydrogen) atoms. The highest BCUT2D eigenvalue weighted by atomic mass is 16.3. The molecular formula is C52H32O. The molecule has 0 fully saturated rings. The average Bonchev–Trinajstić information content (AvgIpc) is 3.72. The Balaban J connectivity index is 1.35. The van der Waals surface area contributed by atoms with Crippen molar-refractivity contribution in [2.75, 3.05) is 0 Å². The lowest BCUT2D eigenvalue weighted by Crippen LogP contribution is -1.93. The number of rotatable bonds is 4. The first-order valence-corrected chi connectivity index (χ1v) is 16.9. The van der Waals surface area contributed by atoms with Crippen LogP contribution in [0, 0.1) is 0 Å². The molecule has 0 aliphatic rings. The first-order chi connectivity index (χ1) is 33.3. The Hall–Kier alpha value is -6.96. The number of benzene rings is 10. The smallest absolute Gasteiger partial charge is 0.143 e. The predicted molar refractivity (Wildman–Crippen MR) is 225 cm³/mol. The Morgan fingerprint density at radius 2 is 0.981 bits per heavy atom. The van der Waals surface area contributed by atoms with Crippen molar-refractivity contribution >= 4 is 65.0 Å². The van der Waals surface area contributed by atoms with E-state index < -0.39 is 72.5 Å². The quantitative estimate of drug-likeness (QED) is 0.168. The lowest BCUT2D eigenvalue weighted by molar-refractivity contribution is 0.670. The fourth-order valence-electron chi connectivity index (χ4n) is 7.41. The fourth-order valence-corrected chi connectivity index (χ4v) is 7.41. The largest absolute Gasteiger partial charge is 0.455 e. The van der Waals surface area contributed by atoms with Gasteiger partial charge in [-0.1, -0.05) is 163 Å². The van der Waals surface area contributed by atoms with Gasteiger partial charge in [0.2, 0.25) is 0 Å². The van der Waals surface area contributed by atoms with Crippen molar-refractivity contribution in [3.8, 4) is 44.5 Å². The Kier molecular flexibility index (Phi) is 3.90. The van der Waals surface area contributed by atoms with Crippen molar-refractivity contribution in [2.24, 2.45) is 0 Å². The zero-order valence-electron chi connectivity index (χ0n) is 44.6. The summed E-state index contributed by atoms with van der Waals surface area (Å²) in [5.74, 6) is 0. The van der Waals surface area contributed by atoms with Crippen molar-refractivity contribution in [3.05, 3.63) is 194 Å². The summed E-state index contributed by atoms with van der Waals surface area (Å²) in [7, 11) is 0. The Labute approximate surface area is 330 Å². The molecule has 0 aliphatic heterocycles. The molecule has 0 N–H and O–H groups in total. The third kappa shape index (κ3) is 4.71. The summed E-state index contributed by atoms with van der Waals surface area (Å²) < 4.78 is 160. The summed E-state index contributed by atoms with van der Waals surface area (Å²) >= 11 is 0. The minimum absolute atomic E-state index is 0.0220. The van der Waals surface area contributed by atoms with E-state index in [0.717, 1.165) is 16.5 Å². The first kappa shape index (κ1) is 17.5. The molecule has 0 atom stereocenters. The van der Waals surface area contributed by atoms with Crippen molar-refractivity contribution in [1.29, 1.82) is 0 Å². The van der Waals surface area contributed by atoms with E-state index in [1.165, 1.54) is 24.3 Å². The second kappa shape index (κ2) is 11.8. The molecule has 11 aromatic rings. The first-order valence-electron chi connectivity index (χ1n) is 25.4. The Morgan fingerprint density at radius 1 is 0.358 bits per heavy atom. The lowest BCUT2D eigenvalue weighted by atomic mass is 9.82. The average molecular weight is 690 g/mol. The van der Waals surface area contributed by atoms with Crippen LogP contribution in [-0.2, 0) is 0 Å². The minimum atomic E-state index is -0.673. The summed E-state index contributed by atoms with van der Waals surface area (Å²) in [6.45, 7) is 0. The zero-order valence-corrected chi connectivity index (χ0v) is 27.6. The van der Waals surface area contributed by atoms with E-state index in [0.29, 0.717) is 22.1 Å². The molecule has 11 rings (SSSR count). The van der Waals surface area contributed by atoms with Gasteiger partial charge in [0.15, 0.2) is 0 Å². The number of fused-ring (bicyclic) bond motifs is 7. The molecule has 0 unspecified atom stereocenters.